The number of benzene rings is 1. The van der Waals surface area contributed by atoms with Gasteiger partial charge in [0.2, 0.25) is 0 Å². The van der Waals surface area contributed by atoms with Crippen LogP contribution < -0.4 is 10.6 Å². The lowest BCUT2D eigenvalue weighted by Crippen LogP contribution is -2.43. The highest BCUT2D eigenvalue weighted by molar-refractivity contribution is 14.0. The lowest BCUT2D eigenvalue weighted by atomic mass is 10.2. The quantitative estimate of drug-likeness (QED) is 0.253. The topological polar surface area (TPSA) is 70.6 Å². The first-order chi connectivity index (χ1) is 15.2. The molecule has 7 nitrogen and oxygen atoms in total. The average molecular weight is 552 g/mol. The van der Waals surface area contributed by atoms with Crippen LogP contribution in [0.2, 0.25) is 0 Å². The molecule has 1 unspecified atom stereocenters. The molecule has 172 valence electrons. The van der Waals surface area contributed by atoms with Gasteiger partial charge in [0, 0.05) is 32.8 Å². The number of aliphatic imine (C=N–C) groups is 1. The Morgan fingerprint density at radius 1 is 1.16 bits per heavy atom. The summed E-state index contributed by atoms with van der Waals surface area (Å²) >= 11 is 0. The van der Waals surface area contributed by atoms with Gasteiger partial charge in [-0.05, 0) is 68.4 Å². The summed E-state index contributed by atoms with van der Waals surface area (Å²) in [5.74, 6) is 1.49. The van der Waals surface area contributed by atoms with Gasteiger partial charge in [-0.25, -0.2) is 9.07 Å². The van der Waals surface area contributed by atoms with Gasteiger partial charge in [0.15, 0.2) is 5.96 Å². The standard InChI is InChI=1S/C23H29FN6O.HI/c1-25-23(27-17-21(22-5-4-16-31-22)29-13-2-3-14-29)26-12-10-19-11-15-30(28-19)20-8-6-18(24)7-9-20;/h4-9,11,15-16,21H,2-3,10,12-14,17H2,1H3,(H2,25,26,27);1H. The van der Waals surface area contributed by atoms with E-state index in [-0.39, 0.29) is 35.8 Å². The van der Waals surface area contributed by atoms with Crippen molar-refractivity contribution >= 4 is 29.9 Å². The molecule has 1 saturated heterocycles. The fourth-order valence-electron chi connectivity index (χ4n) is 3.90. The summed E-state index contributed by atoms with van der Waals surface area (Å²) in [5, 5.41) is 11.4. The van der Waals surface area contributed by atoms with Crippen LogP contribution in [0.1, 0.15) is 30.3 Å². The molecule has 1 aliphatic heterocycles. The number of halogens is 2. The molecule has 2 aromatic heterocycles. The molecule has 0 spiro atoms. The summed E-state index contributed by atoms with van der Waals surface area (Å²) in [6.07, 6.45) is 6.84. The van der Waals surface area contributed by atoms with Crippen molar-refractivity contribution in [1.82, 2.24) is 25.3 Å². The molecule has 1 fully saturated rings. The number of furan rings is 1. The lowest BCUT2D eigenvalue weighted by Gasteiger charge is -2.26. The fourth-order valence-corrected chi connectivity index (χ4v) is 3.90. The Hall–Kier alpha value is -2.40. The van der Waals surface area contributed by atoms with Gasteiger partial charge >= 0.3 is 0 Å². The Labute approximate surface area is 205 Å². The van der Waals surface area contributed by atoms with Gasteiger partial charge in [0.05, 0.1) is 23.7 Å². The zero-order valence-electron chi connectivity index (χ0n) is 18.2. The zero-order chi connectivity index (χ0) is 21.5. The van der Waals surface area contributed by atoms with Gasteiger partial charge in [-0.3, -0.25) is 9.89 Å². The molecule has 2 N–H and O–H groups in total. The number of hydrogen-bond acceptors (Lipinski definition) is 4. The number of nitrogens with zero attached hydrogens (tertiary/aromatic N) is 4. The molecular formula is C23H30FIN6O. The van der Waals surface area contributed by atoms with Gasteiger partial charge < -0.3 is 15.1 Å². The van der Waals surface area contributed by atoms with Crippen molar-refractivity contribution < 1.29 is 8.81 Å². The molecule has 1 atom stereocenters. The van der Waals surface area contributed by atoms with Crippen LogP contribution in [0.5, 0.6) is 0 Å². The van der Waals surface area contributed by atoms with E-state index in [9.17, 15) is 4.39 Å². The van der Waals surface area contributed by atoms with Crippen LogP contribution >= 0.6 is 24.0 Å². The minimum absolute atomic E-state index is 0. The van der Waals surface area contributed by atoms with Crippen molar-refractivity contribution in [2.75, 3.05) is 33.2 Å². The molecule has 0 radical (unpaired) electrons. The monoisotopic (exact) mass is 552 g/mol. The van der Waals surface area contributed by atoms with E-state index < -0.39 is 0 Å². The maximum Gasteiger partial charge on any atom is 0.191 e. The molecule has 3 heterocycles. The number of hydrogen-bond donors (Lipinski definition) is 2. The van der Waals surface area contributed by atoms with Crippen LogP contribution in [-0.4, -0.2) is 53.9 Å². The highest BCUT2D eigenvalue weighted by atomic mass is 127. The van der Waals surface area contributed by atoms with Crippen molar-refractivity contribution in [1.29, 1.82) is 0 Å². The highest BCUT2D eigenvalue weighted by Gasteiger charge is 2.25. The Morgan fingerprint density at radius 2 is 1.94 bits per heavy atom. The Kier molecular flexibility index (Phi) is 9.10. The second-order valence-electron chi connectivity index (χ2n) is 7.63. The summed E-state index contributed by atoms with van der Waals surface area (Å²) in [7, 11) is 1.77. The van der Waals surface area contributed by atoms with Crippen LogP contribution in [0.3, 0.4) is 0 Å². The Bertz CT molecular complexity index is 967. The number of guanidine groups is 1. The Balaban J connectivity index is 0.00000289. The number of likely N-dealkylation sites (tertiary alicyclic amines) is 1. The summed E-state index contributed by atoms with van der Waals surface area (Å²) in [5.41, 5.74) is 1.79. The van der Waals surface area contributed by atoms with E-state index >= 15 is 0 Å². The second-order valence-corrected chi connectivity index (χ2v) is 7.63. The van der Waals surface area contributed by atoms with Crippen LogP contribution in [0.25, 0.3) is 5.69 Å². The van der Waals surface area contributed by atoms with Gasteiger partial charge in [-0.15, -0.1) is 24.0 Å². The van der Waals surface area contributed by atoms with E-state index in [1.807, 2.05) is 24.4 Å². The maximum atomic E-state index is 13.1. The molecule has 1 aliphatic rings. The third-order valence-corrected chi connectivity index (χ3v) is 5.55. The van der Waals surface area contributed by atoms with E-state index in [0.29, 0.717) is 6.54 Å². The van der Waals surface area contributed by atoms with E-state index in [1.165, 1.54) is 25.0 Å². The maximum absolute atomic E-state index is 13.1. The summed E-state index contributed by atoms with van der Waals surface area (Å²) in [6, 6.07) is 12.5. The third-order valence-electron chi connectivity index (χ3n) is 5.55. The molecular weight excluding hydrogens is 522 g/mol. The van der Waals surface area contributed by atoms with Crippen molar-refractivity contribution in [3.63, 3.8) is 0 Å². The van der Waals surface area contributed by atoms with Gasteiger partial charge in [-0.1, -0.05) is 0 Å². The second kappa shape index (κ2) is 12.0. The first-order valence-electron chi connectivity index (χ1n) is 10.8. The average Bonchev–Trinajstić information content (AvgIpc) is 3.56. The number of nitrogens with one attached hydrogen (secondary N) is 2. The van der Waals surface area contributed by atoms with E-state index in [1.54, 1.807) is 30.1 Å². The van der Waals surface area contributed by atoms with Gasteiger partial charge in [-0.2, -0.15) is 5.10 Å². The van der Waals surface area contributed by atoms with Crippen molar-refractivity contribution in [3.05, 3.63) is 72.2 Å². The predicted molar refractivity (Wildman–Crippen MR) is 134 cm³/mol. The van der Waals surface area contributed by atoms with Crippen LogP contribution in [0.15, 0.2) is 64.3 Å². The predicted octanol–water partition coefficient (Wildman–Crippen LogP) is 3.77. The van der Waals surface area contributed by atoms with Crippen LogP contribution in [-0.2, 0) is 6.42 Å². The largest absolute Gasteiger partial charge is 0.468 e. The Morgan fingerprint density at radius 3 is 2.62 bits per heavy atom. The molecule has 4 rings (SSSR count). The van der Waals surface area contributed by atoms with E-state index in [0.717, 1.165) is 49.2 Å². The number of rotatable bonds is 8. The fraction of sp³-hybridized carbons (Fsp3) is 0.391. The van der Waals surface area contributed by atoms with Gasteiger partial charge in [0.1, 0.15) is 11.6 Å². The summed E-state index contributed by atoms with van der Waals surface area (Å²) in [6.45, 7) is 3.62. The van der Waals surface area contributed by atoms with E-state index in [2.05, 4.69) is 25.6 Å². The third kappa shape index (κ3) is 6.32. The molecule has 0 amide bonds. The molecule has 0 bridgehead atoms. The zero-order valence-corrected chi connectivity index (χ0v) is 20.5. The van der Waals surface area contributed by atoms with Crippen molar-refractivity contribution in [2.24, 2.45) is 4.99 Å². The molecule has 0 saturated carbocycles. The molecule has 1 aromatic carbocycles. The van der Waals surface area contributed by atoms with Crippen molar-refractivity contribution in [2.45, 2.75) is 25.3 Å². The first-order valence-corrected chi connectivity index (χ1v) is 10.8. The van der Waals surface area contributed by atoms with Crippen LogP contribution in [0.4, 0.5) is 4.39 Å². The molecule has 9 heteroatoms. The van der Waals surface area contributed by atoms with Gasteiger partial charge in [0.25, 0.3) is 0 Å². The van der Waals surface area contributed by atoms with Crippen molar-refractivity contribution in [3.8, 4) is 5.69 Å². The normalized spacial score (nSPS) is 15.4. The molecule has 32 heavy (non-hydrogen) atoms. The first kappa shape index (κ1) is 24.2. The lowest BCUT2D eigenvalue weighted by molar-refractivity contribution is 0.215. The minimum Gasteiger partial charge on any atom is -0.468 e. The molecule has 3 aromatic rings. The molecule has 0 aliphatic carbocycles. The minimum atomic E-state index is -0.252. The number of aromatic nitrogens is 2. The summed E-state index contributed by atoms with van der Waals surface area (Å²) in [4.78, 5) is 6.80. The highest BCUT2D eigenvalue weighted by Crippen LogP contribution is 2.24. The van der Waals surface area contributed by atoms with Crippen LogP contribution in [0, 0.1) is 5.82 Å². The summed E-state index contributed by atoms with van der Waals surface area (Å²) < 4.78 is 20.5. The van der Waals surface area contributed by atoms with E-state index in [4.69, 9.17) is 4.42 Å². The SMILES string of the molecule is CN=C(NCCc1ccn(-c2ccc(F)cc2)n1)NCC(c1ccco1)N1CCCC1.I. The smallest absolute Gasteiger partial charge is 0.191 e.